The van der Waals surface area contributed by atoms with Crippen LogP contribution in [0.1, 0.15) is 38.2 Å². The van der Waals surface area contributed by atoms with E-state index >= 15 is 0 Å². The van der Waals surface area contributed by atoms with Crippen LogP contribution in [-0.4, -0.2) is 5.11 Å². The fourth-order valence-corrected chi connectivity index (χ4v) is 3.44. The van der Waals surface area contributed by atoms with Gasteiger partial charge in [-0.25, -0.2) is 0 Å². The Morgan fingerprint density at radius 1 is 1.17 bits per heavy atom. The van der Waals surface area contributed by atoms with Gasteiger partial charge >= 0.3 is 0 Å². The summed E-state index contributed by atoms with van der Waals surface area (Å²) in [5.41, 5.74) is 0.504. The summed E-state index contributed by atoms with van der Waals surface area (Å²) in [4.78, 5) is 0. The van der Waals surface area contributed by atoms with Crippen molar-refractivity contribution in [1.82, 2.24) is 0 Å². The van der Waals surface area contributed by atoms with Crippen LogP contribution in [0.3, 0.4) is 0 Å². The summed E-state index contributed by atoms with van der Waals surface area (Å²) < 4.78 is 0. The van der Waals surface area contributed by atoms with Crippen LogP contribution in [0.15, 0.2) is 42.5 Å². The van der Waals surface area contributed by atoms with Crippen LogP contribution in [0.5, 0.6) is 0 Å². The van der Waals surface area contributed by atoms with Crippen molar-refractivity contribution in [2.45, 2.75) is 38.2 Å². The van der Waals surface area contributed by atoms with E-state index in [9.17, 15) is 5.11 Å². The van der Waals surface area contributed by atoms with Crippen LogP contribution in [0.2, 0.25) is 0 Å². The predicted molar refractivity (Wildman–Crippen MR) is 75.5 cm³/mol. The summed E-state index contributed by atoms with van der Waals surface area (Å²) in [6.45, 7) is 2.18. The summed E-state index contributed by atoms with van der Waals surface area (Å²) in [6, 6.07) is 14.8. The van der Waals surface area contributed by atoms with E-state index in [0.717, 1.165) is 31.2 Å². The lowest BCUT2D eigenvalue weighted by molar-refractivity contribution is -0.00375. The molecule has 0 bridgehead atoms. The maximum absolute atomic E-state index is 11.0. The molecule has 1 fully saturated rings. The molecule has 1 aliphatic rings. The molecule has 0 aromatic heterocycles. The predicted octanol–water partition coefficient (Wildman–Crippen LogP) is 4.24. The number of fused-ring (bicyclic) bond motifs is 1. The maximum atomic E-state index is 11.0. The first kappa shape index (κ1) is 11.7. The molecule has 0 aliphatic heterocycles. The Hall–Kier alpha value is -1.34. The Morgan fingerprint density at radius 2 is 1.94 bits per heavy atom. The van der Waals surface area contributed by atoms with Crippen molar-refractivity contribution in [3.05, 3.63) is 48.0 Å². The van der Waals surface area contributed by atoms with Gasteiger partial charge in [0.15, 0.2) is 0 Å². The molecule has 1 nitrogen and oxygen atoms in total. The van der Waals surface area contributed by atoms with E-state index in [1.165, 1.54) is 10.8 Å². The second-order valence-electron chi connectivity index (χ2n) is 5.48. The molecule has 3 rings (SSSR count). The molecule has 0 radical (unpaired) electrons. The van der Waals surface area contributed by atoms with Gasteiger partial charge in [-0.1, -0.05) is 49.7 Å². The molecule has 94 valence electrons. The van der Waals surface area contributed by atoms with E-state index in [-0.39, 0.29) is 0 Å². The molecule has 0 amide bonds. The average Bonchev–Trinajstić information content (AvgIpc) is 2.80. The first-order valence-electron chi connectivity index (χ1n) is 6.95. The highest BCUT2D eigenvalue weighted by molar-refractivity contribution is 5.83. The highest BCUT2D eigenvalue weighted by Crippen LogP contribution is 2.45. The maximum Gasteiger partial charge on any atom is 0.0924 e. The SMILES string of the molecule is CCC1CCCC1(O)c1ccc2ccccc2c1. The molecular weight excluding hydrogens is 220 g/mol. The van der Waals surface area contributed by atoms with E-state index < -0.39 is 5.60 Å². The number of hydrogen-bond acceptors (Lipinski definition) is 1. The van der Waals surface area contributed by atoms with Gasteiger partial charge in [-0.2, -0.15) is 0 Å². The van der Waals surface area contributed by atoms with Crippen molar-refractivity contribution >= 4 is 10.8 Å². The molecule has 1 heteroatoms. The Bertz CT molecular complexity index is 560. The van der Waals surface area contributed by atoms with Gasteiger partial charge in [0, 0.05) is 0 Å². The molecule has 0 heterocycles. The first-order valence-corrected chi connectivity index (χ1v) is 6.95. The monoisotopic (exact) mass is 240 g/mol. The fraction of sp³-hybridized carbons (Fsp3) is 0.412. The zero-order chi connectivity index (χ0) is 12.6. The number of rotatable bonds is 2. The zero-order valence-corrected chi connectivity index (χ0v) is 10.9. The minimum absolute atomic E-state index is 0.415. The van der Waals surface area contributed by atoms with Gasteiger partial charge in [-0.3, -0.25) is 0 Å². The van der Waals surface area contributed by atoms with Crippen molar-refractivity contribution in [1.29, 1.82) is 0 Å². The van der Waals surface area contributed by atoms with Crippen LogP contribution < -0.4 is 0 Å². The molecule has 1 aliphatic carbocycles. The number of aliphatic hydroxyl groups is 1. The van der Waals surface area contributed by atoms with E-state index in [1.807, 2.05) is 0 Å². The van der Waals surface area contributed by atoms with Crippen LogP contribution in [0, 0.1) is 5.92 Å². The minimum Gasteiger partial charge on any atom is -0.385 e. The largest absolute Gasteiger partial charge is 0.385 e. The molecule has 1 N–H and O–H groups in total. The summed E-state index contributed by atoms with van der Waals surface area (Å²) >= 11 is 0. The van der Waals surface area contributed by atoms with Crippen LogP contribution >= 0.6 is 0 Å². The number of hydrogen-bond donors (Lipinski definition) is 1. The molecule has 0 spiro atoms. The smallest absolute Gasteiger partial charge is 0.0924 e. The second-order valence-corrected chi connectivity index (χ2v) is 5.48. The van der Waals surface area contributed by atoms with Gasteiger partial charge < -0.3 is 5.11 Å². The average molecular weight is 240 g/mol. The normalized spacial score (nSPS) is 27.8. The molecule has 0 saturated heterocycles. The Labute approximate surface area is 108 Å². The van der Waals surface area contributed by atoms with E-state index in [2.05, 4.69) is 49.4 Å². The van der Waals surface area contributed by atoms with E-state index in [0.29, 0.717) is 5.92 Å². The van der Waals surface area contributed by atoms with Crippen LogP contribution in [-0.2, 0) is 5.60 Å². The molecule has 18 heavy (non-hydrogen) atoms. The van der Waals surface area contributed by atoms with Gasteiger partial charge in [0.2, 0.25) is 0 Å². The molecule has 2 unspecified atom stereocenters. The third-order valence-electron chi connectivity index (χ3n) is 4.53. The fourth-order valence-electron chi connectivity index (χ4n) is 3.44. The summed E-state index contributed by atoms with van der Waals surface area (Å²) in [7, 11) is 0. The highest BCUT2D eigenvalue weighted by atomic mass is 16.3. The molecular formula is C17H20O. The zero-order valence-electron chi connectivity index (χ0n) is 10.9. The van der Waals surface area contributed by atoms with Crippen molar-refractivity contribution < 1.29 is 5.11 Å². The van der Waals surface area contributed by atoms with Gasteiger partial charge in [0.1, 0.15) is 0 Å². The lowest BCUT2D eigenvalue weighted by Gasteiger charge is -2.30. The number of benzene rings is 2. The van der Waals surface area contributed by atoms with Crippen molar-refractivity contribution in [2.24, 2.45) is 5.92 Å². The van der Waals surface area contributed by atoms with Crippen molar-refractivity contribution in [3.8, 4) is 0 Å². The quantitative estimate of drug-likeness (QED) is 0.832. The van der Waals surface area contributed by atoms with Gasteiger partial charge in [-0.15, -0.1) is 0 Å². The third kappa shape index (κ3) is 1.74. The lowest BCUT2D eigenvalue weighted by Crippen LogP contribution is -2.29. The van der Waals surface area contributed by atoms with E-state index in [4.69, 9.17) is 0 Å². The molecule has 2 aromatic rings. The minimum atomic E-state index is -0.598. The second kappa shape index (κ2) is 4.40. The first-order chi connectivity index (χ1) is 8.74. The van der Waals surface area contributed by atoms with Gasteiger partial charge in [0.05, 0.1) is 5.60 Å². The Balaban J connectivity index is 2.08. The molecule has 1 saturated carbocycles. The Morgan fingerprint density at radius 3 is 2.72 bits per heavy atom. The molecule has 2 atom stereocenters. The van der Waals surface area contributed by atoms with Crippen LogP contribution in [0.25, 0.3) is 10.8 Å². The highest BCUT2D eigenvalue weighted by Gasteiger charge is 2.41. The summed E-state index contributed by atoms with van der Waals surface area (Å²) in [5.74, 6) is 0.415. The van der Waals surface area contributed by atoms with Crippen molar-refractivity contribution in [2.75, 3.05) is 0 Å². The Kier molecular flexibility index (Phi) is 2.87. The van der Waals surface area contributed by atoms with Gasteiger partial charge in [-0.05, 0) is 47.6 Å². The van der Waals surface area contributed by atoms with Crippen molar-refractivity contribution in [3.63, 3.8) is 0 Å². The third-order valence-corrected chi connectivity index (χ3v) is 4.53. The standard InChI is InChI=1S/C17H20O/c1-2-15-8-5-11-17(15,18)16-10-9-13-6-3-4-7-14(13)12-16/h3-4,6-7,9-10,12,15,18H,2,5,8,11H2,1H3. The lowest BCUT2D eigenvalue weighted by atomic mass is 9.82. The van der Waals surface area contributed by atoms with Gasteiger partial charge in [0.25, 0.3) is 0 Å². The van der Waals surface area contributed by atoms with Crippen LogP contribution in [0.4, 0.5) is 0 Å². The molecule has 2 aromatic carbocycles. The summed E-state index contributed by atoms with van der Waals surface area (Å²) in [6.07, 6.45) is 4.26. The topological polar surface area (TPSA) is 20.2 Å². The van der Waals surface area contributed by atoms with E-state index in [1.54, 1.807) is 0 Å². The summed E-state index contributed by atoms with van der Waals surface area (Å²) in [5, 5.41) is 13.5.